The molecule has 3 rings (SSSR count). The molecule has 1 aliphatic heterocycles. The van der Waals surface area contributed by atoms with Gasteiger partial charge >= 0.3 is 0 Å². The first-order valence-electron chi connectivity index (χ1n) is 6.91. The molecular weight excluding hydrogens is 226 g/mol. The van der Waals surface area contributed by atoms with Crippen LogP contribution in [0.1, 0.15) is 30.1 Å². The molecule has 1 heterocycles. The van der Waals surface area contributed by atoms with E-state index in [0.29, 0.717) is 5.92 Å². The maximum Gasteiger partial charge on any atom is 0.0952 e. The molecule has 1 aromatic carbocycles. The van der Waals surface area contributed by atoms with Gasteiger partial charge in [0.15, 0.2) is 0 Å². The molecule has 0 radical (unpaired) electrons. The lowest BCUT2D eigenvalue weighted by Crippen LogP contribution is -2.38. The van der Waals surface area contributed by atoms with E-state index in [0.717, 1.165) is 39.0 Å². The van der Waals surface area contributed by atoms with E-state index in [1.807, 2.05) is 0 Å². The van der Waals surface area contributed by atoms with Crippen LogP contribution in [-0.2, 0) is 11.2 Å². The van der Waals surface area contributed by atoms with Gasteiger partial charge in [-0.2, -0.15) is 0 Å². The van der Waals surface area contributed by atoms with Crippen molar-refractivity contribution in [2.24, 2.45) is 5.92 Å². The Balaban J connectivity index is 1.51. The van der Waals surface area contributed by atoms with Crippen molar-refractivity contribution in [3.05, 3.63) is 35.4 Å². The first-order chi connectivity index (χ1) is 8.83. The lowest BCUT2D eigenvalue weighted by Gasteiger charge is -2.32. The Morgan fingerprint density at radius 2 is 2.06 bits per heavy atom. The third-order valence-electron chi connectivity index (χ3n) is 4.07. The quantitative estimate of drug-likeness (QED) is 0.850. The minimum Gasteiger partial charge on any atom is -0.393 e. The van der Waals surface area contributed by atoms with Crippen molar-refractivity contribution in [1.29, 1.82) is 0 Å². The number of aliphatic hydroxyl groups excluding tert-OH is 1. The van der Waals surface area contributed by atoms with Gasteiger partial charge in [0.2, 0.25) is 0 Å². The summed E-state index contributed by atoms with van der Waals surface area (Å²) in [7, 11) is 0. The number of hydrogen-bond donors (Lipinski definition) is 2. The zero-order valence-electron chi connectivity index (χ0n) is 10.6. The molecule has 18 heavy (non-hydrogen) atoms. The average molecular weight is 247 g/mol. The molecule has 0 spiro atoms. The summed E-state index contributed by atoms with van der Waals surface area (Å²) >= 11 is 0. The molecule has 1 aliphatic carbocycles. The van der Waals surface area contributed by atoms with E-state index in [1.54, 1.807) is 0 Å². The van der Waals surface area contributed by atoms with Gasteiger partial charge in [-0.25, -0.2) is 0 Å². The van der Waals surface area contributed by atoms with E-state index in [1.165, 1.54) is 11.1 Å². The predicted octanol–water partition coefficient (Wildman–Crippen LogP) is 1.66. The zero-order valence-corrected chi connectivity index (χ0v) is 10.6. The predicted molar refractivity (Wildman–Crippen MR) is 70.4 cm³/mol. The lowest BCUT2D eigenvalue weighted by molar-refractivity contribution is 0.0287. The Labute approximate surface area is 108 Å². The van der Waals surface area contributed by atoms with E-state index >= 15 is 0 Å². The molecular formula is C15H21NO2. The number of benzene rings is 1. The smallest absolute Gasteiger partial charge is 0.0952 e. The normalized spacial score (nSPS) is 30.6. The average Bonchev–Trinajstić information content (AvgIpc) is 2.37. The fraction of sp³-hybridized carbons (Fsp3) is 0.600. The van der Waals surface area contributed by atoms with Crippen molar-refractivity contribution in [3.8, 4) is 0 Å². The molecule has 2 N–H and O–H groups in total. The number of rotatable bonds is 4. The topological polar surface area (TPSA) is 41.5 Å². The maximum absolute atomic E-state index is 9.24. The monoisotopic (exact) mass is 247 g/mol. The number of aliphatic hydroxyl groups is 1. The van der Waals surface area contributed by atoms with Crippen molar-refractivity contribution in [3.63, 3.8) is 0 Å². The molecule has 0 saturated heterocycles. The number of hydrogen-bond acceptors (Lipinski definition) is 3. The van der Waals surface area contributed by atoms with E-state index in [-0.39, 0.29) is 12.2 Å². The third-order valence-corrected chi connectivity index (χ3v) is 4.07. The molecule has 1 unspecified atom stereocenters. The summed E-state index contributed by atoms with van der Waals surface area (Å²) in [5.41, 5.74) is 2.76. The first-order valence-corrected chi connectivity index (χ1v) is 6.91. The van der Waals surface area contributed by atoms with Gasteiger partial charge in [-0.3, -0.25) is 0 Å². The largest absolute Gasteiger partial charge is 0.393 e. The van der Waals surface area contributed by atoms with Gasteiger partial charge in [0.1, 0.15) is 0 Å². The SMILES string of the molecule is OC1CC(CNCC2OCCc3ccccc32)C1. The summed E-state index contributed by atoms with van der Waals surface area (Å²) < 4.78 is 5.85. The van der Waals surface area contributed by atoms with Crippen LogP contribution in [0.15, 0.2) is 24.3 Å². The third kappa shape index (κ3) is 2.58. The van der Waals surface area contributed by atoms with Crippen LogP contribution in [0.5, 0.6) is 0 Å². The highest BCUT2D eigenvalue weighted by Crippen LogP contribution is 2.28. The maximum atomic E-state index is 9.24. The Morgan fingerprint density at radius 1 is 1.22 bits per heavy atom. The number of nitrogens with one attached hydrogen (secondary N) is 1. The highest BCUT2D eigenvalue weighted by molar-refractivity contribution is 5.31. The second kappa shape index (κ2) is 5.39. The highest BCUT2D eigenvalue weighted by Gasteiger charge is 2.27. The molecule has 1 aromatic rings. The van der Waals surface area contributed by atoms with Crippen molar-refractivity contribution in [1.82, 2.24) is 5.32 Å². The standard InChI is InChI=1S/C15H21NO2/c17-13-7-11(8-13)9-16-10-15-14-4-2-1-3-12(14)5-6-18-15/h1-4,11,13,15-17H,5-10H2. The summed E-state index contributed by atoms with van der Waals surface area (Å²) in [5.74, 6) is 0.652. The summed E-state index contributed by atoms with van der Waals surface area (Å²) in [6, 6.07) is 8.56. The number of fused-ring (bicyclic) bond motifs is 1. The Kier molecular flexibility index (Phi) is 3.64. The van der Waals surface area contributed by atoms with Crippen LogP contribution in [0, 0.1) is 5.92 Å². The van der Waals surface area contributed by atoms with E-state index in [2.05, 4.69) is 29.6 Å². The minimum absolute atomic E-state index is 0.0524. The fourth-order valence-electron chi connectivity index (χ4n) is 2.93. The zero-order chi connectivity index (χ0) is 12.4. The second-order valence-corrected chi connectivity index (χ2v) is 5.46. The summed E-state index contributed by atoms with van der Waals surface area (Å²) in [5, 5.41) is 12.7. The minimum atomic E-state index is -0.0524. The molecule has 1 atom stereocenters. The van der Waals surface area contributed by atoms with E-state index in [9.17, 15) is 5.11 Å². The summed E-state index contributed by atoms with van der Waals surface area (Å²) in [4.78, 5) is 0. The summed E-state index contributed by atoms with van der Waals surface area (Å²) in [6.07, 6.45) is 3.08. The van der Waals surface area contributed by atoms with Gasteiger partial charge in [0, 0.05) is 6.54 Å². The molecule has 0 bridgehead atoms. The van der Waals surface area contributed by atoms with Crippen LogP contribution < -0.4 is 5.32 Å². The highest BCUT2D eigenvalue weighted by atomic mass is 16.5. The Morgan fingerprint density at radius 3 is 2.89 bits per heavy atom. The van der Waals surface area contributed by atoms with Crippen LogP contribution in [-0.4, -0.2) is 30.9 Å². The van der Waals surface area contributed by atoms with E-state index < -0.39 is 0 Å². The number of ether oxygens (including phenoxy) is 1. The first kappa shape index (κ1) is 12.2. The van der Waals surface area contributed by atoms with Crippen LogP contribution in [0.4, 0.5) is 0 Å². The van der Waals surface area contributed by atoms with Crippen molar-refractivity contribution in [2.75, 3.05) is 19.7 Å². The molecule has 0 aromatic heterocycles. The summed E-state index contributed by atoms with van der Waals surface area (Å²) in [6.45, 7) is 2.70. The van der Waals surface area contributed by atoms with Crippen molar-refractivity contribution >= 4 is 0 Å². The Hall–Kier alpha value is -0.900. The van der Waals surface area contributed by atoms with Crippen molar-refractivity contribution in [2.45, 2.75) is 31.5 Å². The molecule has 2 aliphatic rings. The van der Waals surface area contributed by atoms with Crippen LogP contribution in [0.3, 0.4) is 0 Å². The molecule has 0 amide bonds. The lowest BCUT2D eigenvalue weighted by atomic mass is 9.82. The van der Waals surface area contributed by atoms with E-state index in [4.69, 9.17) is 4.74 Å². The van der Waals surface area contributed by atoms with Crippen LogP contribution >= 0.6 is 0 Å². The van der Waals surface area contributed by atoms with Gasteiger partial charge in [0.05, 0.1) is 18.8 Å². The molecule has 98 valence electrons. The second-order valence-electron chi connectivity index (χ2n) is 5.46. The van der Waals surface area contributed by atoms with Gasteiger partial charge in [-0.05, 0) is 42.9 Å². The Bertz CT molecular complexity index is 401. The molecule has 3 nitrogen and oxygen atoms in total. The van der Waals surface area contributed by atoms with Crippen LogP contribution in [0.25, 0.3) is 0 Å². The van der Waals surface area contributed by atoms with Gasteiger partial charge in [-0.1, -0.05) is 24.3 Å². The van der Waals surface area contributed by atoms with Gasteiger partial charge in [0.25, 0.3) is 0 Å². The van der Waals surface area contributed by atoms with Gasteiger partial charge in [-0.15, -0.1) is 0 Å². The van der Waals surface area contributed by atoms with Gasteiger partial charge < -0.3 is 15.2 Å². The molecule has 1 saturated carbocycles. The fourth-order valence-corrected chi connectivity index (χ4v) is 2.93. The molecule has 1 fully saturated rings. The van der Waals surface area contributed by atoms with Crippen LogP contribution in [0.2, 0.25) is 0 Å². The molecule has 3 heteroatoms. The van der Waals surface area contributed by atoms with Crippen molar-refractivity contribution < 1.29 is 9.84 Å².